The highest BCUT2D eigenvalue weighted by molar-refractivity contribution is 6.25. The molecule has 1 N–H and O–H groups in total. The third-order valence-electron chi connectivity index (χ3n) is 4.11. The van der Waals surface area contributed by atoms with E-state index >= 15 is 0 Å². The zero-order valence-corrected chi connectivity index (χ0v) is 11.3. The Hall–Kier alpha value is -0.0500. The van der Waals surface area contributed by atoms with Crippen LogP contribution in [0.15, 0.2) is 11.1 Å². The predicted molar refractivity (Wildman–Crippen MR) is 69.8 cm³/mol. The van der Waals surface area contributed by atoms with Crippen LogP contribution in [0.4, 0.5) is 0 Å². The molecule has 1 aliphatic carbocycles. The maximum Gasteiger partial charge on any atom is 0.0338 e. The highest BCUT2D eigenvalue weighted by atomic mass is 35.5. The molecule has 92 valence electrons. The monoisotopic (exact) mass is 242 g/mol. The van der Waals surface area contributed by atoms with Crippen LogP contribution in [0.3, 0.4) is 0 Å². The van der Waals surface area contributed by atoms with E-state index in [-0.39, 0.29) is 0 Å². The van der Waals surface area contributed by atoms with Gasteiger partial charge in [0, 0.05) is 36.8 Å². The second-order valence-electron chi connectivity index (χ2n) is 5.75. The molecule has 1 aliphatic heterocycles. The Morgan fingerprint density at radius 1 is 1.56 bits per heavy atom. The summed E-state index contributed by atoms with van der Waals surface area (Å²) in [6, 6.07) is 0.593. The Kier molecular flexibility index (Phi) is 3.62. The van der Waals surface area contributed by atoms with Gasteiger partial charge in [-0.15, -0.1) is 0 Å². The molecule has 2 fully saturated rings. The summed E-state index contributed by atoms with van der Waals surface area (Å²) in [6.07, 6.45) is 2.79. The minimum absolute atomic E-state index is 0.341. The molecule has 0 spiro atoms. The molecule has 0 aromatic carbocycles. The lowest BCUT2D eigenvalue weighted by Crippen LogP contribution is -2.63. The first kappa shape index (κ1) is 12.4. The van der Waals surface area contributed by atoms with Crippen molar-refractivity contribution in [3.63, 3.8) is 0 Å². The largest absolute Gasteiger partial charge is 0.311 e. The molecule has 1 saturated carbocycles. The lowest BCUT2D eigenvalue weighted by molar-refractivity contribution is 0.0472. The number of hydrogen-bond donors (Lipinski definition) is 1. The molecular formula is C13H23ClN2. The molecule has 1 heterocycles. The van der Waals surface area contributed by atoms with E-state index in [2.05, 4.69) is 31.0 Å². The van der Waals surface area contributed by atoms with Crippen LogP contribution in [0.1, 0.15) is 33.6 Å². The molecule has 2 atom stereocenters. The summed E-state index contributed by atoms with van der Waals surface area (Å²) in [5, 5.41) is 3.62. The van der Waals surface area contributed by atoms with E-state index in [0.29, 0.717) is 11.6 Å². The van der Waals surface area contributed by atoms with Crippen LogP contribution in [0, 0.1) is 5.92 Å². The summed E-state index contributed by atoms with van der Waals surface area (Å²) in [6.45, 7) is 10.1. The molecule has 3 heteroatoms. The van der Waals surface area contributed by atoms with E-state index in [4.69, 9.17) is 11.6 Å². The Balaban J connectivity index is 2.09. The second kappa shape index (κ2) is 4.67. The van der Waals surface area contributed by atoms with Crippen LogP contribution in [0.2, 0.25) is 0 Å². The SMILES string of the molecule is CC(=CCl)CN1CC(C)NCC1(C)C1CC1. The minimum atomic E-state index is 0.341. The van der Waals surface area contributed by atoms with Crippen molar-refractivity contribution < 1.29 is 0 Å². The summed E-state index contributed by atoms with van der Waals surface area (Å²) >= 11 is 5.79. The zero-order valence-electron chi connectivity index (χ0n) is 10.6. The van der Waals surface area contributed by atoms with E-state index in [1.165, 1.54) is 18.4 Å². The van der Waals surface area contributed by atoms with E-state index < -0.39 is 0 Å². The Labute approximate surface area is 104 Å². The van der Waals surface area contributed by atoms with Crippen molar-refractivity contribution in [3.05, 3.63) is 11.1 Å². The van der Waals surface area contributed by atoms with Gasteiger partial charge in [0.1, 0.15) is 0 Å². The fourth-order valence-electron chi connectivity index (χ4n) is 2.78. The highest BCUT2D eigenvalue weighted by Gasteiger charge is 2.47. The Morgan fingerprint density at radius 3 is 2.81 bits per heavy atom. The number of halogens is 1. The van der Waals surface area contributed by atoms with E-state index in [0.717, 1.165) is 25.6 Å². The molecule has 0 bridgehead atoms. The van der Waals surface area contributed by atoms with Crippen molar-refractivity contribution in [1.29, 1.82) is 0 Å². The molecule has 2 aliphatic rings. The lowest BCUT2D eigenvalue weighted by atomic mass is 9.89. The van der Waals surface area contributed by atoms with Crippen molar-refractivity contribution in [2.75, 3.05) is 19.6 Å². The number of rotatable bonds is 3. The van der Waals surface area contributed by atoms with Gasteiger partial charge >= 0.3 is 0 Å². The average Bonchev–Trinajstić information content (AvgIpc) is 3.07. The standard InChI is InChI=1S/C13H23ClN2/c1-10(6-14)7-16-8-11(2)15-9-13(16,3)12-4-5-12/h6,11-12,15H,4-5,7-9H2,1-3H3. The molecule has 16 heavy (non-hydrogen) atoms. The Bertz CT molecular complexity index is 286. The van der Waals surface area contributed by atoms with Gasteiger partial charge in [-0.05, 0) is 45.1 Å². The van der Waals surface area contributed by atoms with Gasteiger partial charge < -0.3 is 5.32 Å². The van der Waals surface area contributed by atoms with Crippen molar-refractivity contribution in [3.8, 4) is 0 Å². The molecule has 1 saturated heterocycles. The normalized spacial score (nSPS) is 37.8. The summed E-state index contributed by atoms with van der Waals surface area (Å²) in [5.41, 5.74) is 3.33. The molecule has 0 radical (unpaired) electrons. The van der Waals surface area contributed by atoms with Crippen LogP contribution in [0.5, 0.6) is 0 Å². The maximum atomic E-state index is 5.79. The molecule has 2 unspecified atom stereocenters. The molecule has 2 nitrogen and oxygen atoms in total. The first-order chi connectivity index (χ1) is 7.56. The summed E-state index contributed by atoms with van der Waals surface area (Å²) in [5.74, 6) is 0.885. The van der Waals surface area contributed by atoms with E-state index in [1.807, 2.05) is 0 Å². The smallest absolute Gasteiger partial charge is 0.0338 e. The molecular weight excluding hydrogens is 220 g/mol. The minimum Gasteiger partial charge on any atom is -0.311 e. The van der Waals surface area contributed by atoms with Crippen molar-refractivity contribution in [1.82, 2.24) is 10.2 Å². The number of piperazine rings is 1. The predicted octanol–water partition coefficient (Wildman–Crippen LogP) is 2.59. The number of nitrogens with zero attached hydrogens (tertiary/aromatic N) is 1. The van der Waals surface area contributed by atoms with Gasteiger partial charge in [0.25, 0.3) is 0 Å². The zero-order chi connectivity index (χ0) is 11.8. The Morgan fingerprint density at radius 2 is 2.25 bits per heavy atom. The van der Waals surface area contributed by atoms with Crippen LogP contribution in [-0.4, -0.2) is 36.1 Å². The average molecular weight is 243 g/mol. The molecule has 0 aromatic heterocycles. The summed E-state index contributed by atoms with van der Waals surface area (Å²) < 4.78 is 0. The van der Waals surface area contributed by atoms with Crippen molar-refractivity contribution in [2.24, 2.45) is 5.92 Å². The summed E-state index contributed by atoms with van der Waals surface area (Å²) in [4.78, 5) is 2.63. The van der Waals surface area contributed by atoms with Gasteiger partial charge in [0.05, 0.1) is 0 Å². The lowest BCUT2D eigenvalue weighted by Gasteiger charge is -2.48. The van der Waals surface area contributed by atoms with Crippen LogP contribution in [-0.2, 0) is 0 Å². The van der Waals surface area contributed by atoms with Gasteiger partial charge in [-0.3, -0.25) is 4.90 Å². The van der Waals surface area contributed by atoms with E-state index in [9.17, 15) is 0 Å². The fourth-order valence-corrected chi connectivity index (χ4v) is 2.85. The fraction of sp³-hybridized carbons (Fsp3) is 0.846. The van der Waals surface area contributed by atoms with Gasteiger partial charge in [-0.25, -0.2) is 0 Å². The van der Waals surface area contributed by atoms with E-state index in [1.54, 1.807) is 5.54 Å². The topological polar surface area (TPSA) is 15.3 Å². The highest BCUT2D eigenvalue weighted by Crippen LogP contribution is 2.44. The first-order valence-electron chi connectivity index (χ1n) is 6.30. The second-order valence-corrected chi connectivity index (χ2v) is 5.97. The van der Waals surface area contributed by atoms with Gasteiger partial charge in [0.15, 0.2) is 0 Å². The van der Waals surface area contributed by atoms with Crippen LogP contribution in [0.25, 0.3) is 0 Å². The quantitative estimate of drug-likeness (QED) is 0.819. The third-order valence-corrected chi connectivity index (χ3v) is 4.48. The first-order valence-corrected chi connectivity index (χ1v) is 6.74. The van der Waals surface area contributed by atoms with Gasteiger partial charge in [-0.1, -0.05) is 11.6 Å². The molecule has 0 aromatic rings. The van der Waals surface area contributed by atoms with Crippen molar-refractivity contribution in [2.45, 2.75) is 45.2 Å². The third kappa shape index (κ3) is 2.44. The maximum absolute atomic E-state index is 5.79. The van der Waals surface area contributed by atoms with Crippen LogP contribution < -0.4 is 5.32 Å². The molecule has 0 amide bonds. The molecule has 2 rings (SSSR count). The van der Waals surface area contributed by atoms with Crippen LogP contribution >= 0.6 is 11.6 Å². The van der Waals surface area contributed by atoms with Gasteiger partial charge in [0.2, 0.25) is 0 Å². The number of hydrogen-bond acceptors (Lipinski definition) is 2. The number of nitrogens with one attached hydrogen (secondary N) is 1. The van der Waals surface area contributed by atoms with Crippen molar-refractivity contribution >= 4 is 11.6 Å². The summed E-state index contributed by atoms with van der Waals surface area (Å²) in [7, 11) is 0. The van der Waals surface area contributed by atoms with Gasteiger partial charge in [-0.2, -0.15) is 0 Å².